The van der Waals surface area contributed by atoms with Crippen molar-refractivity contribution in [2.75, 3.05) is 0 Å². The maximum atomic E-state index is 11.0. The first-order chi connectivity index (χ1) is 8.09. The molecular formula is C13H20N2O2. The number of rotatable bonds is 3. The summed E-state index contributed by atoms with van der Waals surface area (Å²) in [5, 5.41) is 9.01. The number of hydrogen-bond donors (Lipinski definition) is 2. The molecule has 0 unspecified atom stereocenters. The molecule has 94 valence electrons. The number of nitrogens with zero attached hydrogens (tertiary/aromatic N) is 1. The van der Waals surface area contributed by atoms with Crippen LogP contribution in [0.1, 0.15) is 79.8 Å². The number of nitrogens with one attached hydrogen (secondary N) is 1. The van der Waals surface area contributed by atoms with E-state index >= 15 is 0 Å². The standard InChI is InChI=1S/C13H20N2O2/c1-8(2)10-11(9-6-4-3-5-7-9)15-12(14-10)13(16)17/h8-9H,3-7H2,1-2H3,(H,14,15)(H,16,17). The molecule has 1 aromatic rings. The van der Waals surface area contributed by atoms with E-state index in [-0.39, 0.29) is 11.7 Å². The van der Waals surface area contributed by atoms with Crippen molar-refractivity contribution in [1.29, 1.82) is 0 Å². The molecule has 1 fully saturated rings. The smallest absolute Gasteiger partial charge is 0.371 e. The van der Waals surface area contributed by atoms with Gasteiger partial charge < -0.3 is 10.1 Å². The monoisotopic (exact) mass is 236 g/mol. The lowest BCUT2D eigenvalue weighted by molar-refractivity contribution is 0.0684. The Labute approximate surface area is 101 Å². The molecule has 0 spiro atoms. The minimum Gasteiger partial charge on any atom is -0.475 e. The van der Waals surface area contributed by atoms with Crippen molar-refractivity contribution < 1.29 is 9.90 Å². The second-order valence-corrected chi connectivity index (χ2v) is 5.18. The molecule has 1 aromatic heterocycles. The lowest BCUT2D eigenvalue weighted by Crippen LogP contribution is -2.08. The van der Waals surface area contributed by atoms with Crippen LogP contribution < -0.4 is 0 Å². The minimum atomic E-state index is -0.964. The molecule has 2 N–H and O–H groups in total. The topological polar surface area (TPSA) is 66.0 Å². The molecule has 0 amide bonds. The van der Waals surface area contributed by atoms with Gasteiger partial charge in [0.15, 0.2) is 0 Å². The van der Waals surface area contributed by atoms with Crippen molar-refractivity contribution in [2.24, 2.45) is 0 Å². The van der Waals surface area contributed by atoms with Crippen LogP contribution in [0.3, 0.4) is 0 Å². The third kappa shape index (κ3) is 2.51. The highest BCUT2D eigenvalue weighted by molar-refractivity contribution is 5.83. The fourth-order valence-corrected chi connectivity index (χ4v) is 2.64. The van der Waals surface area contributed by atoms with E-state index in [0.717, 1.165) is 24.2 Å². The Morgan fingerprint density at radius 2 is 2.00 bits per heavy atom. The summed E-state index contributed by atoms with van der Waals surface area (Å²) in [5.74, 6) is -0.124. The third-order valence-corrected chi connectivity index (χ3v) is 3.52. The molecule has 0 saturated heterocycles. The molecule has 4 heteroatoms. The first-order valence-electron chi connectivity index (χ1n) is 6.42. The van der Waals surface area contributed by atoms with Crippen LogP contribution in [0.25, 0.3) is 0 Å². The van der Waals surface area contributed by atoms with Gasteiger partial charge in [0, 0.05) is 11.6 Å². The first kappa shape index (κ1) is 12.1. The zero-order valence-corrected chi connectivity index (χ0v) is 10.5. The zero-order valence-electron chi connectivity index (χ0n) is 10.5. The summed E-state index contributed by atoms with van der Waals surface area (Å²) in [6.45, 7) is 4.13. The van der Waals surface area contributed by atoms with Crippen LogP contribution in [0.2, 0.25) is 0 Å². The lowest BCUT2D eigenvalue weighted by Gasteiger charge is -2.22. The molecular weight excluding hydrogens is 216 g/mol. The predicted molar refractivity (Wildman–Crippen MR) is 65.5 cm³/mol. The van der Waals surface area contributed by atoms with Gasteiger partial charge in [0.1, 0.15) is 0 Å². The Balaban J connectivity index is 2.32. The maximum Gasteiger partial charge on any atom is 0.371 e. The fourth-order valence-electron chi connectivity index (χ4n) is 2.64. The second-order valence-electron chi connectivity index (χ2n) is 5.18. The van der Waals surface area contributed by atoms with Crippen molar-refractivity contribution >= 4 is 5.97 Å². The summed E-state index contributed by atoms with van der Waals surface area (Å²) in [7, 11) is 0. The fraction of sp³-hybridized carbons (Fsp3) is 0.692. The van der Waals surface area contributed by atoms with Crippen LogP contribution in [0.5, 0.6) is 0 Å². The number of hydrogen-bond acceptors (Lipinski definition) is 2. The quantitative estimate of drug-likeness (QED) is 0.846. The van der Waals surface area contributed by atoms with Gasteiger partial charge in [-0.1, -0.05) is 33.1 Å². The Kier molecular flexibility index (Phi) is 3.50. The molecule has 17 heavy (non-hydrogen) atoms. The predicted octanol–water partition coefficient (Wildman–Crippen LogP) is 3.28. The molecule has 2 rings (SSSR count). The number of carboxylic acid groups (broad SMARTS) is 1. The van der Waals surface area contributed by atoms with E-state index < -0.39 is 5.97 Å². The normalized spacial score (nSPS) is 17.6. The average molecular weight is 236 g/mol. The van der Waals surface area contributed by atoms with Crippen molar-refractivity contribution in [2.45, 2.75) is 57.8 Å². The highest BCUT2D eigenvalue weighted by Crippen LogP contribution is 2.35. The molecule has 0 aliphatic heterocycles. The average Bonchev–Trinajstić information content (AvgIpc) is 2.75. The van der Waals surface area contributed by atoms with E-state index in [9.17, 15) is 4.79 Å². The van der Waals surface area contributed by atoms with Gasteiger partial charge in [-0.15, -0.1) is 0 Å². The number of aromatic amines is 1. The van der Waals surface area contributed by atoms with E-state index in [1.54, 1.807) is 0 Å². The number of H-pyrrole nitrogens is 1. The van der Waals surface area contributed by atoms with Gasteiger partial charge in [0.25, 0.3) is 0 Å². The summed E-state index contributed by atoms with van der Waals surface area (Å²) < 4.78 is 0. The van der Waals surface area contributed by atoms with E-state index in [1.807, 2.05) is 0 Å². The van der Waals surface area contributed by atoms with Gasteiger partial charge in [0.05, 0.1) is 5.69 Å². The van der Waals surface area contributed by atoms with Crippen molar-refractivity contribution in [3.63, 3.8) is 0 Å². The van der Waals surface area contributed by atoms with Gasteiger partial charge in [-0.25, -0.2) is 9.78 Å². The van der Waals surface area contributed by atoms with Gasteiger partial charge in [-0.2, -0.15) is 0 Å². The molecule has 1 aliphatic rings. The zero-order chi connectivity index (χ0) is 12.4. The summed E-state index contributed by atoms with van der Waals surface area (Å²) in [4.78, 5) is 18.2. The molecule has 4 nitrogen and oxygen atoms in total. The number of aromatic nitrogens is 2. The Bertz CT molecular complexity index is 404. The summed E-state index contributed by atoms with van der Waals surface area (Å²) in [6.07, 6.45) is 6.09. The van der Waals surface area contributed by atoms with E-state index in [4.69, 9.17) is 5.11 Å². The largest absolute Gasteiger partial charge is 0.475 e. The minimum absolute atomic E-state index is 0.0919. The van der Waals surface area contributed by atoms with E-state index in [0.29, 0.717) is 5.92 Å². The molecule has 0 radical (unpaired) electrons. The van der Waals surface area contributed by atoms with Crippen LogP contribution >= 0.6 is 0 Å². The van der Waals surface area contributed by atoms with Crippen LogP contribution in [-0.4, -0.2) is 21.0 Å². The van der Waals surface area contributed by atoms with E-state index in [1.165, 1.54) is 19.3 Å². The maximum absolute atomic E-state index is 11.0. The molecule has 0 atom stereocenters. The Hall–Kier alpha value is -1.32. The number of imidazole rings is 1. The van der Waals surface area contributed by atoms with Crippen LogP contribution in [0, 0.1) is 0 Å². The van der Waals surface area contributed by atoms with Crippen LogP contribution in [0.15, 0.2) is 0 Å². The van der Waals surface area contributed by atoms with Crippen LogP contribution in [0.4, 0.5) is 0 Å². The van der Waals surface area contributed by atoms with Gasteiger partial charge in [-0.05, 0) is 18.8 Å². The van der Waals surface area contributed by atoms with Crippen molar-refractivity contribution in [1.82, 2.24) is 9.97 Å². The lowest BCUT2D eigenvalue weighted by atomic mass is 9.85. The van der Waals surface area contributed by atoms with Crippen molar-refractivity contribution in [3.8, 4) is 0 Å². The number of carboxylic acids is 1. The molecule has 0 aromatic carbocycles. The highest BCUT2D eigenvalue weighted by Gasteiger charge is 2.24. The highest BCUT2D eigenvalue weighted by atomic mass is 16.4. The number of carbonyl (C=O) groups is 1. The van der Waals surface area contributed by atoms with Gasteiger partial charge in [0.2, 0.25) is 5.82 Å². The van der Waals surface area contributed by atoms with Gasteiger partial charge in [-0.3, -0.25) is 0 Å². The van der Waals surface area contributed by atoms with Crippen molar-refractivity contribution in [3.05, 3.63) is 17.2 Å². The molecule has 1 heterocycles. The first-order valence-corrected chi connectivity index (χ1v) is 6.42. The second kappa shape index (κ2) is 4.90. The van der Waals surface area contributed by atoms with Gasteiger partial charge >= 0.3 is 5.97 Å². The third-order valence-electron chi connectivity index (χ3n) is 3.52. The molecule has 1 aliphatic carbocycles. The Morgan fingerprint density at radius 1 is 1.35 bits per heavy atom. The number of aromatic carboxylic acids is 1. The molecule has 0 bridgehead atoms. The SMILES string of the molecule is CC(C)c1nc(C(=O)O)[nH]c1C1CCCCC1. The summed E-state index contributed by atoms with van der Waals surface area (Å²) in [5.41, 5.74) is 2.01. The van der Waals surface area contributed by atoms with Crippen LogP contribution in [-0.2, 0) is 0 Å². The molecule has 1 saturated carbocycles. The Morgan fingerprint density at radius 3 is 2.53 bits per heavy atom. The summed E-state index contributed by atoms with van der Waals surface area (Å²) in [6, 6.07) is 0. The summed E-state index contributed by atoms with van der Waals surface area (Å²) >= 11 is 0. The van der Waals surface area contributed by atoms with E-state index in [2.05, 4.69) is 23.8 Å².